The van der Waals surface area contributed by atoms with Crippen LogP contribution in [0, 0.1) is 0 Å². The van der Waals surface area contributed by atoms with Crippen LogP contribution < -0.4 is 0 Å². The molecule has 0 N–H and O–H groups in total. The number of hydrazone groups is 1. The summed E-state index contributed by atoms with van der Waals surface area (Å²) in [7, 11) is 1.76. The number of rotatable bonds is 7. The highest BCUT2D eigenvalue weighted by Crippen LogP contribution is 2.33. The van der Waals surface area contributed by atoms with Gasteiger partial charge < -0.3 is 9.47 Å². The Hall–Kier alpha value is -1.65. The van der Waals surface area contributed by atoms with Crippen molar-refractivity contribution in [2.75, 3.05) is 26.9 Å². The van der Waals surface area contributed by atoms with E-state index in [1.807, 2.05) is 12.1 Å². The molecule has 2 heterocycles. The van der Waals surface area contributed by atoms with Gasteiger partial charge in [0.25, 0.3) is 0 Å². The summed E-state index contributed by atoms with van der Waals surface area (Å²) in [4.78, 5) is 0. The van der Waals surface area contributed by atoms with Crippen molar-refractivity contribution < 1.29 is 9.47 Å². The molecule has 0 amide bonds. The van der Waals surface area contributed by atoms with E-state index < -0.39 is 0 Å². The van der Waals surface area contributed by atoms with Gasteiger partial charge in [-0.05, 0) is 18.4 Å². The molecule has 2 aliphatic rings. The number of ether oxygens (including phenoxy) is 2. The molecule has 1 aromatic rings. The fourth-order valence-corrected chi connectivity index (χ4v) is 3.49. The first kappa shape index (κ1) is 16.2. The number of hydrogen-bond donors (Lipinski definition) is 0. The third kappa shape index (κ3) is 3.48. The highest BCUT2D eigenvalue weighted by Gasteiger charge is 2.45. The summed E-state index contributed by atoms with van der Waals surface area (Å²) in [5, 5.41) is 7.15. The monoisotopic (exact) mass is 314 g/mol. The maximum atomic E-state index is 6.02. The van der Waals surface area contributed by atoms with Crippen molar-refractivity contribution in [1.29, 1.82) is 0 Å². The van der Waals surface area contributed by atoms with Gasteiger partial charge in [0.15, 0.2) is 0 Å². The smallest absolute Gasteiger partial charge is 0.118 e. The van der Waals surface area contributed by atoms with Crippen molar-refractivity contribution in [1.82, 2.24) is 5.01 Å². The molecule has 2 atom stereocenters. The standard InChI is InChI=1S/C19H26N2O2/c1-3-11-19(13-16-8-5-4-6-9-16)18(15-23-19)20-21-12-7-10-17(21)14-22-2/h3-6,8-9,17H,1,7,10-15H2,2H3/b20-18-/t17-,19+/m0/s1. The molecule has 23 heavy (non-hydrogen) atoms. The third-order valence-corrected chi connectivity index (χ3v) is 4.77. The summed E-state index contributed by atoms with van der Waals surface area (Å²) in [5.74, 6) is 0. The van der Waals surface area contributed by atoms with E-state index in [4.69, 9.17) is 14.6 Å². The Balaban J connectivity index is 1.77. The van der Waals surface area contributed by atoms with Crippen LogP contribution in [0.25, 0.3) is 0 Å². The molecule has 0 aromatic heterocycles. The second-order valence-corrected chi connectivity index (χ2v) is 6.40. The Morgan fingerprint density at radius 2 is 2.26 bits per heavy atom. The number of nitrogens with zero attached hydrogens (tertiary/aromatic N) is 2. The second kappa shape index (κ2) is 7.28. The highest BCUT2D eigenvalue weighted by molar-refractivity contribution is 5.98. The van der Waals surface area contributed by atoms with Gasteiger partial charge in [-0.1, -0.05) is 36.4 Å². The molecule has 0 saturated carbocycles. The summed E-state index contributed by atoms with van der Waals surface area (Å²) in [6.45, 7) is 6.28. The fourth-order valence-electron chi connectivity index (χ4n) is 3.49. The van der Waals surface area contributed by atoms with E-state index in [0.29, 0.717) is 12.6 Å². The van der Waals surface area contributed by atoms with E-state index in [9.17, 15) is 0 Å². The zero-order valence-corrected chi connectivity index (χ0v) is 13.9. The van der Waals surface area contributed by atoms with Gasteiger partial charge in [0.2, 0.25) is 0 Å². The molecule has 4 nitrogen and oxygen atoms in total. The van der Waals surface area contributed by atoms with Crippen molar-refractivity contribution in [3.8, 4) is 0 Å². The summed E-state index contributed by atoms with van der Waals surface area (Å²) >= 11 is 0. The molecule has 3 rings (SSSR count). The van der Waals surface area contributed by atoms with Crippen LogP contribution >= 0.6 is 0 Å². The van der Waals surface area contributed by atoms with Crippen LogP contribution in [0.3, 0.4) is 0 Å². The lowest BCUT2D eigenvalue weighted by molar-refractivity contribution is -0.0267. The first-order valence-corrected chi connectivity index (χ1v) is 8.40. The zero-order valence-electron chi connectivity index (χ0n) is 13.9. The quantitative estimate of drug-likeness (QED) is 0.726. The number of hydrogen-bond acceptors (Lipinski definition) is 4. The van der Waals surface area contributed by atoms with Gasteiger partial charge in [-0.3, -0.25) is 5.01 Å². The van der Waals surface area contributed by atoms with Crippen molar-refractivity contribution in [3.63, 3.8) is 0 Å². The van der Waals surface area contributed by atoms with E-state index in [1.165, 1.54) is 12.0 Å². The molecule has 2 saturated heterocycles. The molecule has 124 valence electrons. The van der Waals surface area contributed by atoms with Gasteiger partial charge in [-0.25, -0.2) is 0 Å². The summed E-state index contributed by atoms with van der Waals surface area (Å²) in [6.07, 6.45) is 5.91. The molecule has 0 spiro atoms. The molecule has 0 radical (unpaired) electrons. The lowest BCUT2D eigenvalue weighted by atomic mass is 9.82. The van der Waals surface area contributed by atoms with Crippen LogP contribution in [0.1, 0.15) is 24.8 Å². The van der Waals surface area contributed by atoms with E-state index in [2.05, 4.69) is 35.9 Å². The fraction of sp³-hybridized carbons (Fsp3) is 0.526. The first-order chi connectivity index (χ1) is 11.3. The summed E-state index contributed by atoms with van der Waals surface area (Å²) in [6, 6.07) is 10.9. The van der Waals surface area contributed by atoms with Crippen LogP contribution in [-0.4, -0.2) is 49.2 Å². The van der Waals surface area contributed by atoms with E-state index in [1.54, 1.807) is 7.11 Å². The summed E-state index contributed by atoms with van der Waals surface area (Å²) < 4.78 is 11.3. The highest BCUT2D eigenvalue weighted by atomic mass is 16.5. The van der Waals surface area contributed by atoms with Crippen molar-refractivity contribution in [3.05, 3.63) is 48.6 Å². The molecule has 1 aromatic carbocycles. The Morgan fingerprint density at radius 3 is 2.91 bits per heavy atom. The second-order valence-electron chi connectivity index (χ2n) is 6.40. The molecule has 2 fully saturated rings. The minimum Gasteiger partial charge on any atom is -0.382 e. The largest absolute Gasteiger partial charge is 0.382 e. The van der Waals surface area contributed by atoms with Crippen LogP contribution in [-0.2, 0) is 15.9 Å². The molecule has 0 aliphatic carbocycles. The predicted molar refractivity (Wildman–Crippen MR) is 92.7 cm³/mol. The Labute approximate surface area is 138 Å². The molecule has 2 aliphatic heterocycles. The normalized spacial score (nSPS) is 28.8. The van der Waals surface area contributed by atoms with Crippen LogP contribution in [0.5, 0.6) is 0 Å². The predicted octanol–water partition coefficient (Wildman–Crippen LogP) is 3.04. The molecule has 0 bridgehead atoms. The minimum atomic E-state index is -0.316. The van der Waals surface area contributed by atoms with E-state index >= 15 is 0 Å². The van der Waals surface area contributed by atoms with E-state index in [-0.39, 0.29) is 5.60 Å². The average molecular weight is 314 g/mol. The average Bonchev–Trinajstić information content (AvgIpc) is 3.00. The summed E-state index contributed by atoms with van der Waals surface area (Å²) in [5.41, 5.74) is 2.10. The Bertz CT molecular complexity index is 558. The van der Waals surface area contributed by atoms with Gasteiger partial charge in [0.1, 0.15) is 5.60 Å². The third-order valence-electron chi connectivity index (χ3n) is 4.77. The minimum absolute atomic E-state index is 0.316. The van der Waals surface area contributed by atoms with Crippen molar-refractivity contribution >= 4 is 5.71 Å². The van der Waals surface area contributed by atoms with Crippen LogP contribution in [0.15, 0.2) is 48.1 Å². The van der Waals surface area contributed by atoms with Gasteiger partial charge in [0, 0.05) is 26.5 Å². The van der Waals surface area contributed by atoms with Crippen LogP contribution in [0.4, 0.5) is 0 Å². The zero-order chi connectivity index (χ0) is 16.1. The van der Waals surface area contributed by atoms with Crippen molar-refractivity contribution in [2.24, 2.45) is 5.10 Å². The maximum absolute atomic E-state index is 6.02. The molecular weight excluding hydrogens is 288 g/mol. The van der Waals surface area contributed by atoms with Crippen LogP contribution in [0.2, 0.25) is 0 Å². The molecule has 0 unspecified atom stereocenters. The first-order valence-electron chi connectivity index (χ1n) is 8.40. The van der Waals surface area contributed by atoms with Gasteiger partial charge in [-0.2, -0.15) is 5.10 Å². The maximum Gasteiger partial charge on any atom is 0.118 e. The Kier molecular flexibility index (Phi) is 5.13. The molecule has 4 heteroatoms. The Morgan fingerprint density at radius 1 is 1.43 bits per heavy atom. The van der Waals surface area contributed by atoms with E-state index in [0.717, 1.165) is 38.1 Å². The lowest BCUT2D eigenvalue weighted by Gasteiger charge is -2.43. The topological polar surface area (TPSA) is 34.1 Å². The van der Waals surface area contributed by atoms with Gasteiger partial charge >= 0.3 is 0 Å². The van der Waals surface area contributed by atoms with Crippen molar-refractivity contribution in [2.45, 2.75) is 37.3 Å². The van der Waals surface area contributed by atoms with Gasteiger partial charge in [0.05, 0.1) is 25.0 Å². The number of benzene rings is 1. The molecular formula is C19H26N2O2. The number of methoxy groups -OCH3 is 1. The van der Waals surface area contributed by atoms with Gasteiger partial charge in [-0.15, -0.1) is 6.58 Å². The lowest BCUT2D eigenvalue weighted by Crippen LogP contribution is -2.56. The SMILES string of the molecule is C=CC[C@]1(Cc2ccccc2)OC/C1=N/N1CCC[C@H]1COC.